The van der Waals surface area contributed by atoms with Gasteiger partial charge in [-0.25, -0.2) is 0 Å². The highest BCUT2D eigenvalue weighted by atomic mass is 16.5. The number of nitrogens with zero attached hydrogens (tertiary/aromatic N) is 2. The summed E-state index contributed by atoms with van der Waals surface area (Å²) in [6.45, 7) is 5.49. The fraction of sp³-hybridized carbons (Fsp3) is 0.290. The van der Waals surface area contributed by atoms with Crippen molar-refractivity contribution < 1.29 is 14.3 Å². The number of para-hydroxylation sites is 2. The third-order valence-corrected chi connectivity index (χ3v) is 6.64. The number of fused-ring (bicyclic) bond motifs is 1. The van der Waals surface area contributed by atoms with Crippen molar-refractivity contribution in [2.75, 3.05) is 26.7 Å². The first kappa shape index (κ1) is 26.0. The zero-order valence-corrected chi connectivity index (χ0v) is 21.9. The summed E-state index contributed by atoms with van der Waals surface area (Å²) in [5.74, 6) is 0.539. The van der Waals surface area contributed by atoms with E-state index >= 15 is 0 Å². The molecule has 0 aliphatic heterocycles. The third-order valence-electron chi connectivity index (χ3n) is 6.64. The van der Waals surface area contributed by atoms with Crippen LogP contribution >= 0.6 is 0 Å². The second kappa shape index (κ2) is 12.3. The van der Waals surface area contributed by atoms with Crippen LogP contribution in [0.2, 0.25) is 0 Å². The molecule has 0 fully saturated rings. The van der Waals surface area contributed by atoms with Crippen LogP contribution in [-0.4, -0.2) is 53.3 Å². The minimum Gasteiger partial charge on any atom is -0.496 e. The van der Waals surface area contributed by atoms with Gasteiger partial charge in [0.1, 0.15) is 12.3 Å². The number of hydrogen-bond donors (Lipinski definition) is 1. The van der Waals surface area contributed by atoms with Gasteiger partial charge in [-0.05, 0) is 49.6 Å². The second-order valence-corrected chi connectivity index (χ2v) is 9.33. The summed E-state index contributed by atoms with van der Waals surface area (Å²) >= 11 is 0. The van der Waals surface area contributed by atoms with E-state index in [4.69, 9.17) is 4.74 Å². The number of methoxy groups -OCH3 is 1. The number of aromatic nitrogens is 1. The van der Waals surface area contributed by atoms with Crippen LogP contribution in [0.15, 0.2) is 79.0 Å². The number of amides is 2. The first-order valence-electron chi connectivity index (χ1n) is 12.8. The van der Waals surface area contributed by atoms with Crippen molar-refractivity contribution in [3.63, 3.8) is 0 Å². The van der Waals surface area contributed by atoms with Gasteiger partial charge in [0.25, 0.3) is 5.91 Å². The number of benzene rings is 3. The molecule has 4 aromatic rings. The molecule has 0 unspecified atom stereocenters. The Hall–Kier alpha value is -4.06. The van der Waals surface area contributed by atoms with Gasteiger partial charge in [-0.1, -0.05) is 61.0 Å². The minimum absolute atomic E-state index is 0.0313. The zero-order chi connectivity index (χ0) is 26.2. The third kappa shape index (κ3) is 6.39. The quantitative estimate of drug-likeness (QED) is 0.293. The van der Waals surface area contributed by atoms with E-state index in [2.05, 4.69) is 17.1 Å². The van der Waals surface area contributed by atoms with Crippen LogP contribution in [0.25, 0.3) is 10.9 Å². The van der Waals surface area contributed by atoms with E-state index in [9.17, 15) is 9.59 Å². The molecule has 0 bridgehead atoms. The molecular formula is C31H35N3O3. The highest BCUT2D eigenvalue weighted by Crippen LogP contribution is 2.22. The maximum atomic E-state index is 13.7. The average Bonchev–Trinajstić information content (AvgIpc) is 3.34. The molecule has 0 aliphatic rings. The number of carbonyl (C=O) groups is 2. The molecule has 3 aromatic carbocycles. The molecule has 0 spiro atoms. The van der Waals surface area contributed by atoms with Crippen LogP contribution < -0.4 is 4.74 Å². The number of ether oxygens (including phenoxy) is 1. The highest BCUT2D eigenvalue weighted by Gasteiger charge is 2.23. The Morgan fingerprint density at radius 2 is 1.59 bits per heavy atom. The van der Waals surface area contributed by atoms with Crippen molar-refractivity contribution in [1.82, 2.24) is 14.8 Å². The summed E-state index contributed by atoms with van der Waals surface area (Å²) in [6.07, 6.45) is 3.48. The van der Waals surface area contributed by atoms with Crippen LogP contribution in [0.5, 0.6) is 5.75 Å². The Morgan fingerprint density at radius 3 is 2.35 bits per heavy atom. The number of aryl methyl sites for hydroxylation is 1. The highest BCUT2D eigenvalue weighted by molar-refractivity contribution is 5.96. The summed E-state index contributed by atoms with van der Waals surface area (Å²) in [4.78, 5) is 33.8. The van der Waals surface area contributed by atoms with E-state index < -0.39 is 0 Å². The van der Waals surface area contributed by atoms with Crippen LogP contribution in [0.3, 0.4) is 0 Å². The molecule has 2 amide bonds. The van der Waals surface area contributed by atoms with Gasteiger partial charge in [-0.3, -0.25) is 9.59 Å². The smallest absolute Gasteiger partial charge is 0.254 e. The Labute approximate surface area is 218 Å². The fourth-order valence-corrected chi connectivity index (χ4v) is 4.59. The van der Waals surface area contributed by atoms with Crippen molar-refractivity contribution >= 4 is 22.7 Å². The Balaban J connectivity index is 1.56. The summed E-state index contributed by atoms with van der Waals surface area (Å²) in [5.41, 5.74) is 4.87. The first-order chi connectivity index (χ1) is 18.0. The standard InChI is InChI=1S/C31H35N3O3/c1-4-18-34(31(36)24-15-13-23(2)14-16-24)22-30(35)33(21-26-9-5-8-12-29(26)37-3)19-17-25-20-32-28-11-7-6-10-27(25)28/h5-16,20,32H,4,17-19,21-22H2,1-3H3. The summed E-state index contributed by atoms with van der Waals surface area (Å²) < 4.78 is 5.55. The van der Waals surface area contributed by atoms with Gasteiger partial charge >= 0.3 is 0 Å². The molecule has 6 heteroatoms. The van der Waals surface area contributed by atoms with E-state index in [0.29, 0.717) is 31.6 Å². The zero-order valence-electron chi connectivity index (χ0n) is 21.9. The summed E-state index contributed by atoms with van der Waals surface area (Å²) in [5, 5.41) is 1.16. The van der Waals surface area contributed by atoms with Crippen molar-refractivity contribution in [3.8, 4) is 5.75 Å². The molecule has 6 nitrogen and oxygen atoms in total. The second-order valence-electron chi connectivity index (χ2n) is 9.33. The van der Waals surface area contributed by atoms with Crippen LogP contribution in [-0.2, 0) is 17.8 Å². The lowest BCUT2D eigenvalue weighted by Crippen LogP contribution is -2.43. The molecule has 1 heterocycles. The summed E-state index contributed by atoms with van der Waals surface area (Å²) in [7, 11) is 1.64. The van der Waals surface area contributed by atoms with Crippen LogP contribution in [0.4, 0.5) is 0 Å². The predicted molar refractivity (Wildman–Crippen MR) is 148 cm³/mol. The number of aromatic amines is 1. The van der Waals surface area contributed by atoms with Gasteiger partial charge in [-0.2, -0.15) is 0 Å². The van der Waals surface area contributed by atoms with E-state index in [1.807, 2.05) is 85.6 Å². The van der Waals surface area contributed by atoms with E-state index in [1.165, 1.54) is 0 Å². The van der Waals surface area contributed by atoms with Gasteiger partial charge in [0, 0.05) is 47.9 Å². The predicted octanol–water partition coefficient (Wildman–Crippen LogP) is 5.61. The normalized spacial score (nSPS) is 10.9. The Bertz CT molecular complexity index is 1340. The molecule has 1 aromatic heterocycles. The molecule has 0 saturated heterocycles. The molecule has 0 atom stereocenters. The number of carbonyl (C=O) groups excluding carboxylic acids is 2. The molecule has 192 valence electrons. The molecule has 4 rings (SSSR count). The molecule has 0 saturated carbocycles. The van der Waals surface area contributed by atoms with Gasteiger partial charge in [0.05, 0.1) is 7.11 Å². The lowest BCUT2D eigenvalue weighted by atomic mass is 10.1. The first-order valence-corrected chi connectivity index (χ1v) is 12.8. The lowest BCUT2D eigenvalue weighted by Gasteiger charge is -2.28. The maximum Gasteiger partial charge on any atom is 0.254 e. The number of rotatable bonds is 11. The topological polar surface area (TPSA) is 65.6 Å². The molecule has 1 N–H and O–H groups in total. The van der Waals surface area contributed by atoms with Crippen LogP contribution in [0, 0.1) is 6.92 Å². The van der Waals surface area contributed by atoms with E-state index in [-0.39, 0.29) is 18.4 Å². The minimum atomic E-state index is -0.121. The Kier molecular flexibility index (Phi) is 8.62. The van der Waals surface area contributed by atoms with E-state index in [0.717, 1.165) is 39.8 Å². The monoisotopic (exact) mass is 497 g/mol. The largest absolute Gasteiger partial charge is 0.496 e. The van der Waals surface area contributed by atoms with Crippen molar-refractivity contribution in [2.45, 2.75) is 33.2 Å². The molecule has 0 radical (unpaired) electrons. The van der Waals surface area contributed by atoms with Crippen LogP contribution in [0.1, 0.15) is 40.4 Å². The Morgan fingerprint density at radius 1 is 0.865 bits per heavy atom. The SMILES string of the molecule is CCCN(CC(=O)N(CCc1c[nH]c2ccccc12)Cc1ccccc1OC)C(=O)c1ccc(C)cc1. The van der Waals surface area contributed by atoms with Gasteiger partial charge in [0.15, 0.2) is 0 Å². The molecule has 37 heavy (non-hydrogen) atoms. The fourth-order valence-electron chi connectivity index (χ4n) is 4.59. The molecule has 0 aliphatic carbocycles. The van der Waals surface area contributed by atoms with Crippen molar-refractivity contribution in [1.29, 1.82) is 0 Å². The summed E-state index contributed by atoms with van der Waals surface area (Å²) in [6, 6.07) is 23.4. The number of nitrogens with one attached hydrogen (secondary N) is 1. The van der Waals surface area contributed by atoms with Crippen molar-refractivity contribution in [3.05, 3.63) is 101 Å². The van der Waals surface area contributed by atoms with Gasteiger partial charge < -0.3 is 19.5 Å². The van der Waals surface area contributed by atoms with E-state index in [1.54, 1.807) is 12.0 Å². The number of hydrogen-bond acceptors (Lipinski definition) is 3. The average molecular weight is 498 g/mol. The lowest BCUT2D eigenvalue weighted by molar-refractivity contribution is -0.132. The molecular weight excluding hydrogens is 462 g/mol. The maximum absolute atomic E-state index is 13.7. The van der Waals surface area contributed by atoms with Gasteiger partial charge in [0.2, 0.25) is 5.91 Å². The van der Waals surface area contributed by atoms with Gasteiger partial charge in [-0.15, -0.1) is 0 Å². The van der Waals surface area contributed by atoms with Crippen molar-refractivity contribution in [2.24, 2.45) is 0 Å². The number of H-pyrrole nitrogens is 1.